The molecule has 4 unspecified atom stereocenters. The molecule has 0 heterocycles. The Labute approximate surface area is 192 Å². The van der Waals surface area contributed by atoms with E-state index in [0.29, 0.717) is 31.6 Å². The van der Waals surface area contributed by atoms with Crippen LogP contribution in [0.1, 0.15) is 40.0 Å². The lowest BCUT2D eigenvalue weighted by Gasteiger charge is -2.24. The Morgan fingerprint density at radius 2 is 1.59 bits per heavy atom. The molecule has 0 aromatic heterocycles. The van der Waals surface area contributed by atoms with E-state index < -0.39 is 47.9 Å². The highest BCUT2D eigenvalue weighted by Crippen LogP contribution is 2.05. The standard InChI is InChI=1S/C19H37N7O5S/c1-10(2)14(18(30)31)26-15(27)11(3)24-17(29)13(7-9-32-4)25-16(28)12(20)6-5-8-23-19(21)22/h10-14H,5-9,20H2,1-4H3,(H,24,29)(H,25,28)(H,26,27)(H,30,31)(H4,21,22,23). The van der Waals surface area contributed by atoms with E-state index in [1.165, 1.54) is 18.7 Å². The van der Waals surface area contributed by atoms with Crippen molar-refractivity contribution in [2.75, 3.05) is 18.6 Å². The molecule has 10 N–H and O–H groups in total. The SMILES string of the molecule is CSCCC(NC(=O)C(N)CCCN=C(N)N)C(=O)NC(C)C(=O)NC(C(=O)O)C(C)C. The first-order valence-electron chi connectivity index (χ1n) is 10.3. The Balaban J connectivity index is 4.94. The number of carboxylic acid groups (broad SMARTS) is 1. The number of nitrogens with two attached hydrogens (primary N) is 3. The molecular weight excluding hydrogens is 438 g/mol. The molecular formula is C19H37N7O5S. The van der Waals surface area contributed by atoms with Gasteiger partial charge in [0, 0.05) is 6.54 Å². The second-order valence-corrected chi connectivity index (χ2v) is 8.68. The van der Waals surface area contributed by atoms with Gasteiger partial charge in [0.1, 0.15) is 18.1 Å². The summed E-state index contributed by atoms with van der Waals surface area (Å²) in [4.78, 5) is 52.5. The number of nitrogens with zero attached hydrogens (tertiary/aromatic N) is 1. The van der Waals surface area contributed by atoms with E-state index in [4.69, 9.17) is 17.2 Å². The summed E-state index contributed by atoms with van der Waals surface area (Å²) in [6.07, 6.45) is 3.01. The van der Waals surface area contributed by atoms with Crippen LogP contribution in [0.3, 0.4) is 0 Å². The van der Waals surface area contributed by atoms with Crippen molar-refractivity contribution >= 4 is 41.4 Å². The first-order valence-corrected chi connectivity index (χ1v) is 11.7. The number of rotatable bonds is 15. The van der Waals surface area contributed by atoms with Crippen molar-refractivity contribution in [1.82, 2.24) is 16.0 Å². The molecule has 0 aliphatic rings. The number of amides is 3. The number of aliphatic imine (C=N–C) groups is 1. The van der Waals surface area contributed by atoms with Crippen molar-refractivity contribution in [2.24, 2.45) is 28.1 Å². The molecule has 12 nitrogen and oxygen atoms in total. The molecule has 0 aliphatic carbocycles. The summed E-state index contributed by atoms with van der Waals surface area (Å²) in [7, 11) is 0. The third kappa shape index (κ3) is 11.7. The van der Waals surface area contributed by atoms with E-state index in [1.807, 2.05) is 6.26 Å². The average molecular weight is 476 g/mol. The molecule has 0 spiro atoms. The van der Waals surface area contributed by atoms with Gasteiger partial charge in [0.05, 0.1) is 6.04 Å². The molecule has 0 rings (SSSR count). The molecule has 0 fully saturated rings. The minimum Gasteiger partial charge on any atom is -0.480 e. The number of aliphatic carboxylic acids is 1. The molecule has 0 saturated carbocycles. The summed E-state index contributed by atoms with van der Waals surface area (Å²) in [5.74, 6) is -2.64. The quantitative estimate of drug-likeness (QED) is 0.0817. The first-order chi connectivity index (χ1) is 14.9. The second kappa shape index (κ2) is 15.3. The van der Waals surface area contributed by atoms with Crippen molar-refractivity contribution < 1.29 is 24.3 Å². The van der Waals surface area contributed by atoms with Gasteiger partial charge in [0.15, 0.2) is 5.96 Å². The van der Waals surface area contributed by atoms with Gasteiger partial charge in [-0.1, -0.05) is 13.8 Å². The molecule has 3 amide bonds. The Hall–Kier alpha value is -2.54. The Bertz CT molecular complexity index is 670. The van der Waals surface area contributed by atoms with Crippen molar-refractivity contribution in [2.45, 2.75) is 64.2 Å². The van der Waals surface area contributed by atoms with Crippen LogP contribution >= 0.6 is 11.8 Å². The van der Waals surface area contributed by atoms with Crippen LogP contribution in [0.15, 0.2) is 4.99 Å². The topological polar surface area (TPSA) is 215 Å². The highest BCUT2D eigenvalue weighted by atomic mass is 32.2. The Kier molecular flexibility index (Phi) is 14.1. The van der Waals surface area contributed by atoms with Gasteiger partial charge >= 0.3 is 5.97 Å². The van der Waals surface area contributed by atoms with E-state index in [9.17, 15) is 24.3 Å². The summed E-state index contributed by atoms with van der Waals surface area (Å²) < 4.78 is 0. The molecule has 4 atom stereocenters. The zero-order valence-electron chi connectivity index (χ0n) is 19.1. The predicted octanol–water partition coefficient (Wildman–Crippen LogP) is -1.66. The minimum absolute atomic E-state index is 0.0435. The van der Waals surface area contributed by atoms with Crippen molar-refractivity contribution in [3.8, 4) is 0 Å². The van der Waals surface area contributed by atoms with Gasteiger partial charge in [-0.2, -0.15) is 11.8 Å². The van der Waals surface area contributed by atoms with Crippen LogP contribution in [0.4, 0.5) is 0 Å². The average Bonchev–Trinajstić information content (AvgIpc) is 2.70. The molecule has 0 aromatic carbocycles. The molecule has 0 aromatic rings. The van der Waals surface area contributed by atoms with E-state index >= 15 is 0 Å². The number of carboxylic acids is 1. The van der Waals surface area contributed by atoms with Gasteiger partial charge in [0.2, 0.25) is 17.7 Å². The summed E-state index contributed by atoms with van der Waals surface area (Å²) in [6.45, 7) is 5.10. The van der Waals surface area contributed by atoms with E-state index in [1.54, 1.807) is 13.8 Å². The lowest BCUT2D eigenvalue weighted by molar-refractivity contribution is -0.143. The maximum atomic E-state index is 12.7. The van der Waals surface area contributed by atoms with E-state index in [0.717, 1.165) is 0 Å². The minimum atomic E-state index is -1.16. The predicted molar refractivity (Wildman–Crippen MR) is 125 cm³/mol. The first kappa shape index (κ1) is 29.5. The third-order valence-corrected chi connectivity index (χ3v) is 5.17. The normalized spacial score (nSPS) is 14.6. The van der Waals surface area contributed by atoms with Gasteiger partial charge in [-0.05, 0) is 44.1 Å². The number of carbonyl (C=O) groups excluding carboxylic acids is 3. The lowest BCUT2D eigenvalue weighted by atomic mass is 10.0. The Morgan fingerprint density at radius 3 is 2.09 bits per heavy atom. The lowest BCUT2D eigenvalue weighted by Crippen LogP contribution is -2.56. The zero-order valence-corrected chi connectivity index (χ0v) is 19.9. The van der Waals surface area contributed by atoms with Crippen molar-refractivity contribution in [3.63, 3.8) is 0 Å². The number of nitrogens with one attached hydrogen (secondary N) is 3. The largest absolute Gasteiger partial charge is 0.480 e. The van der Waals surface area contributed by atoms with Crippen LogP contribution in [-0.4, -0.2) is 77.5 Å². The number of thioether (sulfide) groups is 1. The van der Waals surface area contributed by atoms with Crippen LogP contribution < -0.4 is 33.2 Å². The van der Waals surface area contributed by atoms with Gasteiger partial charge in [-0.3, -0.25) is 19.4 Å². The molecule has 0 aliphatic heterocycles. The van der Waals surface area contributed by atoms with Crippen LogP contribution in [0.25, 0.3) is 0 Å². The van der Waals surface area contributed by atoms with Crippen LogP contribution in [0.5, 0.6) is 0 Å². The maximum Gasteiger partial charge on any atom is 0.326 e. The zero-order chi connectivity index (χ0) is 24.8. The van der Waals surface area contributed by atoms with Crippen LogP contribution in [0.2, 0.25) is 0 Å². The van der Waals surface area contributed by atoms with Crippen molar-refractivity contribution in [1.29, 1.82) is 0 Å². The smallest absolute Gasteiger partial charge is 0.326 e. The number of hydrogen-bond acceptors (Lipinski definition) is 7. The molecule has 184 valence electrons. The molecule has 13 heteroatoms. The highest BCUT2D eigenvalue weighted by molar-refractivity contribution is 7.98. The van der Waals surface area contributed by atoms with E-state index in [-0.39, 0.29) is 11.9 Å². The van der Waals surface area contributed by atoms with Crippen LogP contribution in [0, 0.1) is 5.92 Å². The maximum absolute atomic E-state index is 12.7. The third-order valence-electron chi connectivity index (χ3n) is 4.53. The van der Waals surface area contributed by atoms with Gasteiger partial charge in [0.25, 0.3) is 0 Å². The summed E-state index contributed by atoms with van der Waals surface area (Å²) in [5.41, 5.74) is 16.4. The van der Waals surface area contributed by atoms with E-state index in [2.05, 4.69) is 20.9 Å². The summed E-state index contributed by atoms with van der Waals surface area (Å²) in [6, 6.07) is -3.82. The van der Waals surface area contributed by atoms with Crippen LogP contribution in [-0.2, 0) is 19.2 Å². The fourth-order valence-corrected chi connectivity index (χ4v) is 3.08. The second-order valence-electron chi connectivity index (χ2n) is 7.70. The Morgan fingerprint density at radius 1 is 0.969 bits per heavy atom. The van der Waals surface area contributed by atoms with Gasteiger partial charge in [-0.25, -0.2) is 4.79 Å². The number of carbonyl (C=O) groups is 4. The monoisotopic (exact) mass is 475 g/mol. The van der Waals surface area contributed by atoms with Crippen molar-refractivity contribution in [3.05, 3.63) is 0 Å². The fraction of sp³-hybridized carbons (Fsp3) is 0.737. The highest BCUT2D eigenvalue weighted by Gasteiger charge is 2.29. The summed E-state index contributed by atoms with van der Waals surface area (Å²) >= 11 is 1.50. The molecule has 0 radical (unpaired) electrons. The van der Waals surface area contributed by atoms with Gasteiger partial charge in [-0.15, -0.1) is 0 Å². The fourth-order valence-electron chi connectivity index (χ4n) is 2.61. The molecule has 32 heavy (non-hydrogen) atoms. The number of hydrogen-bond donors (Lipinski definition) is 7. The molecule has 0 bridgehead atoms. The van der Waals surface area contributed by atoms with Gasteiger partial charge < -0.3 is 38.3 Å². The number of guanidine groups is 1. The summed E-state index contributed by atoms with van der Waals surface area (Å²) in [5, 5.41) is 16.8. The molecule has 0 saturated heterocycles.